The van der Waals surface area contributed by atoms with Gasteiger partial charge in [-0.25, -0.2) is 0 Å². The van der Waals surface area contributed by atoms with Crippen LogP contribution in [-0.4, -0.2) is 44.2 Å². The number of halogens is 1. The average molecular weight is 367 g/mol. The van der Waals surface area contributed by atoms with Crippen LogP contribution in [0.15, 0.2) is 24.3 Å². The molecule has 0 unspecified atom stereocenters. The van der Waals surface area contributed by atoms with Gasteiger partial charge in [0, 0.05) is 16.2 Å². The molecule has 1 aliphatic heterocycles. The third-order valence-electron chi connectivity index (χ3n) is 4.50. The summed E-state index contributed by atoms with van der Waals surface area (Å²) in [4.78, 5) is 16.1. The lowest BCUT2D eigenvalue weighted by molar-refractivity contribution is -0.892. The van der Waals surface area contributed by atoms with Gasteiger partial charge in [0.15, 0.2) is 6.54 Å². The first kappa shape index (κ1) is 20.1. The van der Waals surface area contributed by atoms with E-state index in [1.165, 1.54) is 10.6 Å². The number of anilines is 1. The Balaban J connectivity index is 1.80. The molecule has 1 heterocycles. The highest BCUT2D eigenvalue weighted by molar-refractivity contribution is 6.30. The van der Waals surface area contributed by atoms with E-state index in [1.807, 2.05) is 18.2 Å². The molecule has 1 aliphatic rings. The van der Waals surface area contributed by atoms with Crippen molar-refractivity contribution in [3.05, 3.63) is 29.3 Å². The number of carbonyl (C=O) groups is 1. The van der Waals surface area contributed by atoms with Crippen molar-refractivity contribution in [1.29, 1.82) is 0 Å². The van der Waals surface area contributed by atoms with Gasteiger partial charge in [0.05, 0.1) is 26.2 Å². The summed E-state index contributed by atoms with van der Waals surface area (Å²) in [5.41, 5.74) is 1.20. The van der Waals surface area contributed by atoms with Gasteiger partial charge >= 0.3 is 0 Å². The molecule has 2 N–H and O–H groups in total. The Morgan fingerprint density at radius 3 is 2.40 bits per heavy atom. The van der Waals surface area contributed by atoms with E-state index in [-0.39, 0.29) is 16.9 Å². The van der Waals surface area contributed by atoms with Crippen molar-refractivity contribution >= 4 is 23.2 Å². The van der Waals surface area contributed by atoms with Gasteiger partial charge in [0.1, 0.15) is 0 Å². The number of amides is 1. The number of nitrogens with zero attached hydrogens (tertiary/aromatic N) is 1. The van der Waals surface area contributed by atoms with E-state index in [9.17, 15) is 4.79 Å². The van der Waals surface area contributed by atoms with Crippen molar-refractivity contribution in [3.8, 4) is 0 Å². The van der Waals surface area contributed by atoms with Crippen molar-refractivity contribution < 1.29 is 9.69 Å². The lowest BCUT2D eigenvalue weighted by Gasteiger charge is -2.35. The Labute approximate surface area is 157 Å². The number of piperazine rings is 1. The summed E-state index contributed by atoms with van der Waals surface area (Å²) >= 11 is 6.08. The maximum Gasteiger partial charge on any atom is 0.275 e. The normalized spacial score (nSPS) is 16.8. The fraction of sp³-hybridized carbons (Fsp3) is 0.650. The topological polar surface area (TPSA) is 36.8 Å². The molecule has 0 aromatic heterocycles. The van der Waals surface area contributed by atoms with Crippen LogP contribution in [0.25, 0.3) is 0 Å². The molecule has 5 heteroatoms. The molecule has 25 heavy (non-hydrogen) atoms. The van der Waals surface area contributed by atoms with Gasteiger partial charge in [-0.05, 0) is 43.9 Å². The molecule has 4 nitrogen and oxygen atoms in total. The van der Waals surface area contributed by atoms with Crippen molar-refractivity contribution in [2.75, 3.05) is 37.6 Å². The quantitative estimate of drug-likeness (QED) is 0.839. The Morgan fingerprint density at radius 1 is 1.20 bits per heavy atom. The van der Waals surface area contributed by atoms with Crippen LogP contribution >= 0.6 is 11.6 Å². The van der Waals surface area contributed by atoms with E-state index in [1.54, 1.807) is 0 Å². The van der Waals surface area contributed by atoms with Crippen LogP contribution in [0.1, 0.15) is 41.0 Å². The number of carbonyl (C=O) groups excluding carboxylic acids is 1. The fourth-order valence-corrected chi connectivity index (χ4v) is 4.13. The predicted octanol–water partition coefficient (Wildman–Crippen LogP) is 2.38. The van der Waals surface area contributed by atoms with E-state index < -0.39 is 0 Å². The lowest BCUT2D eigenvalue weighted by atomic mass is 9.82. The van der Waals surface area contributed by atoms with Crippen molar-refractivity contribution in [1.82, 2.24) is 5.32 Å². The summed E-state index contributed by atoms with van der Waals surface area (Å²) in [6.45, 7) is 15.3. The van der Waals surface area contributed by atoms with Crippen LogP contribution in [0.2, 0.25) is 5.02 Å². The minimum absolute atomic E-state index is 0.153. The molecule has 1 aromatic rings. The van der Waals surface area contributed by atoms with Gasteiger partial charge in [-0.3, -0.25) is 4.79 Å². The van der Waals surface area contributed by atoms with Crippen LogP contribution in [0.3, 0.4) is 0 Å². The minimum atomic E-state index is -0.169. The zero-order valence-electron chi connectivity index (χ0n) is 16.3. The molecular weight excluding hydrogens is 334 g/mol. The summed E-state index contributed by atoms with van der Waals surface area (Å²) in [7, 11) is 0. The SMILES string of the molecule is CC(C)(C)CC(C)(C)NC(=O)C[NH+]1CCN(c2cccc(Cl)c2)CC1. The lowest BCUT2D eigenvalue weighted by Crippen LogP contribution is -3.16. The standard InChI is InChI=1S/C20H32ClN3O/c1-19(2,3)15-20(4,5)22-18(25)14-23-9-11-24(12-10-23)17-8-6-7-16(21)13-17/h6-8,13H,9-12,14-15H2,1-5H3,(H,22,25)/p+1. The van der Waals surface area contributed by atoms with Gasteiger partial charge in [0.25, 0.3) is 5.91 Å². The average Bonchev–Trinajstić information content (AvgIpc) is 2.44. The first-order valence-corrected chi connectivity index (χ1v) is 9.57. The Kier molecular flexibility index (Phi) is 6.39. The number of hydrogen-bond donors (Lipinski definition) is 2. The van der Waals surface area contributed by atoms with Crippen LogP contribution in [0.4, 0.5) is 5.69 Å². The second kappa shape index (κ2) is 7.96. The molecule has 0 spiro atoms. The Morgan fingerprint density at radius 2 is 1.84 bits per heavy atom. The number of benzene rings is 1. The van der Waals surface area contributed by atoms with Gasteiger partial charge < -0.3 is 15.1 Å². The molecule has 0 bridgehead atoms. The molecule has 0 saturated carbocycles. The molecule has 0 aliphatic carbocycles. The first-order valence-electron chi connectivity index (χ1n) is 9.19. The van der Waals surface area contributed by atoms with Gasteiger partial charge in [-0.2, -0.15) is 0 Å². The highest BCUT2D eigenvalue weighted by atomic mass is 35.5. The van der Waals surface area contributed by atoms with Crippen LogP contribution in [0.5, 0.6) is 0 Å². The summed E-state index contributed by atoms with van der Waals surface area (Å²) in [6.07, 6.45) is 0.962. The van der Waals surface area contributed by atoms with E-state index in [4.69, 9.17) is 11.6 Å². The maximum atomic E-state index is 12.4. The zero-order chi connectivity index (χ0) is 18.7. The largest absolute Gasteiger partial charge is 0.360 e. The van der Waals surface area contributed by atoms with Gasteiger partial charge in [0.2, 0.25) is 0 Å². The van der Waals surface area contributed by atoms with Gasteiger partial charge in [-0.1, -0.05) is 38.4 Å². The third kappa shape index (κ3) is 6.87. The number of rotatable bonds is 5. The van der Waals surface area contributed by atoms with Crippen LogP contribution in [0, 0.1) is 5.41 Å². The monoisotopic (exact) mass is 366 g/mol. The molecule has 1 aromatic carbocycles. The molecule has 140 valence electrons. The highest BCUT2D eigenvalue weighted by Gasteiger charge is 2.29. The third-order valence-corrected chi connectivity index (χ3v) is 4.74. The van der Waals surface area contributed by atoms with Crippen molar-refractivity contribution in [2.24, 2.45) is 5.41 Å². The number of hydrogen-bond acceptors (Lipinski definition) is 2. The number of nitrogens with one attached hydrogen (secondary N) is 2. The molecule has 2 rings (SSSR count). The predicted molar refractivity (Wildman–Crippen MR) is 106 cm³/mol. The molecule has 0 atom stereocenters. The number of quaternary nitrogens is 1. The van der Waals surface area contributed by atoms with E-state index in [0.29, 0.717) is 6.54 Å². The van der Waals surface area contributed by atoms with Crippen LogP contribution in [-0.2, 0) is 4.79 Å². The molecular formula is C20H33ClN3O+. The molecule has 1 amide bonds. The molecule has 0 radical (unpaired) electrons. The first-order chi connectivity index (χ1) is 11.5. The molecule has 1 fully saturated rings. The van der Waals surface area contributed by atoms with E-state index in [2.05, 4.69) is 50.9 Å². The molecule has 1 saturated heterocycles. The van der Waals surface area contributed by atoms with Crippen molar-refractivity contribution in [3.63, 3.8) is 0 Å². The van der Waals surface area contributed by atoms with E-state index in [0.717, 1.165) is 37.6 Å². The minimum Gasteiger partial charge on any atom is -0.360 e. The van der Waals surface area contributed by atoms with Crippen LogP contribution < -0.4 is 15.1 Å². The second-order valence-corrected chi connectivity index (χ2v) is 9.50. The van der Waals surface area contributed by atoms with Gasteiger partial charge in [-0.15, -0.1) is 0 Å². The summed E-state index contributed by atoms with van der Waals surface area (Å²) < 4.78 is 0. The highest BCUT2D eigenvalue weighted by Crippen LogP contribution is 2.26. The van der Waals surface area contributed by atoms with Crippen molar-refractivity contribution in [2.45, 2.75) is 46.6 Å². The zero-order valence-corrected chi connectivity index (χ0v) is 17.0. The van der Waals surface area contributed by atoms with E-state index >= 15 is 0 Å². The Bertz CT molecular complexity index is 587. The summed E-state index contributed by atoms with van der Waals surface area (Å²) in [6, 6.07) is 7.99. The fourth-order valence-electron chi connectivity index (χ4n) is 3.95. The smallest absolute Gasteiger partial charge is 0.275 e. The summed E-state index contributed by atoms with van der Waals surface area (Å²) in [5.74, 6) is 0.153. The summed E-state index contributed by atoms with van der Waals surface area (Å²) in [5, 5.41) is 3.99. The second-order valence-electron chi connectivity index (χ2n) is 9.06. The Hall–Kier alpha value is -1.26. The maximum absolute atomic E-state index is 12.4.